The molecule has 20 heavy (non-hydrogen) atoms. The van der Waals surface area contributed by atoms with Crippen LogP contribution in [0.15, 0.2) is 18.2 Å². The van der Waals surface area contributed by atoms with Gasteiger partial charge in [-0.2, -0.15) is 0 Å². The molecule has 2 rings (SSSR count). The molecule has 1 aliphatic heterocycles. The minimum absolute atomic E-state index is 0.0412. The first-order chi connectivity index (χ1) is 9.72. The molecule has 0 atom stereocenters. The van der Waals surface area contributed by atoms with Crippen molar-refractivity contribution in [3.63, 3.8) is 0 Å². The van der Waals surface area contributed by atoms with Crippen molar-refractivity contribution in [1.29, 1.82) is 0 Å². The van der Waals surface area contributed by atoms with Gasteiger partial charge in [-0.25, -0.2) is 0 Å². The van der Waals surface area contributed by atoms with Crippen molar-refractivity contribution in [2.75, 3.05) is 13.3 Å². The fourth-order valence-corrected chi connectivity index (χ4v) is 2.14. The summed E-state index contributed by atoms with van der Waals surface area (Å²) in [5, 5.41) is 6.14. The molecule has 0 saturated carbocycles. The summed E-state index contributed by atoms with van der Waals surface area (Å²) in [6.45, 7) is 5.39. The maximum atomic E-state index is 11.7. The van der Waals surface area contributed by atoms with Gasteiger partial charge in [0.25, 0.3) is 0 Å². The van der Waals surface area contributed by atoms with Crippen molar-refractivity contribution in [3.8, 4) is 11.5 Å². The lowest BCUT2D eigenvalue weighted by molar-refractivity contribution is -0.121. The van der Waals surface area contributed by atoms with E-state index in [2.05, 4.69) is 24.5 Å². The van der Waals surface area contributed by atoms with Gasteiger partial charge in [-0.1, -0.05) is 19.9 Å². The topological polar surface area (TPSA) is 59.6 Å². The molecular weight excluding hydrogens is 256 g/mol. The Morgan fingerprint density at radius 3 is 2.75 bits per heavy atom. The van der Waals surface area contributed by atoms with Crippen LogP contribution in [0.5, 0.6) is 11.5 Å². The van der Waals surface area contributed by atoms with E-state index in [-0.39, 0.29) is 18.7 Å². The SMILES string of the molecule is CCC(CC)NC(=O)CNCc1ccc2c(c1)OCO2. The van der Waals surface area contributed by atoms with Crippen LogP contribution in [0.4, 0.5) is 0 Å². The molecule has 0 aliphatic carbocycles. The van der Waals surface area contributed by atoms with Crippen LogP contribution >= 0.6 is 0 Å². The van der Waals surface area contributed by atoms with E-state index in [9.17, 15) is 4.79 Å². The molecule has 0 unspecified atom stereocenters. The summed E-state index contributed by atoms with van der Waals surface area (Å²) < 4.78 is 10.6. The van der Waals surface area contributed by atoms with Crippen LogP contribution in [-0.4, -0.2) is 25.3 Å². The van der Waals surface area contributed by atoms with E-state index in [4.69, 9.17) is 9.47 Å². The van der Waals surface area contributed by atoms with Gasteiger partial charge in [-0.3, -0.25) is 4.79 Å². The van der Waals surface area contributed by atoms with E-state index < -0.39 is 0 Å². The smallest absolute Gasteiger partial charge is 0.234 e. The number of carbonyl (C=O) groups excluding carboxylic acids is 1. The van der Waals surface area contributed by atoms with Crippen LogP contribution < -0.4 is 20.1 Å². The number of hydrogen-bond donors (Lipinski definition) is 2. The zero-order chi connectivity index (χ0) is 14.4. The first kappa shape index (κ1) is 14.7. The highest BCUT2D eigenvalue weighted by Gasteiger charge is 2.13. The molecule has 2 N–H and O–H groups in total. The Kier molecular flexibility index (Phi) is 5.24. The summed E-state index contributed by atoms with van der Waals surface area (Å²) in [7, 11) is 0. The lowest BCUT2D eigenvalue weighted by Crippen LogP contribution is -2.39. The van der Waals surface area contributed by atoms with Crippen LogP contribution in [0.1, 0.15) is 32.3 Å². The fourth-order valence-electron chi connectivity index (χ4n) is 2.14. The lowest BCUT2D eigenvalue weighted by atomic mass is 10.2. The van der Waals surface area contributed by atoms with Gasteiger partial charge in [0.05, 0.1) is 6.54 Å². The van der Waals surface area contributed by atoms with Gasteiger partial charge in [-0.05, 0) is 30.5 Å². The van der Waals surface area contributed by atoms with Crippen molar-refractivity contribution in [2.45, 2.75) is 39.3 Å². The van der Waals surface area contributed by atoms with Crippen LogP contribution in [0, 0.1) is 0 Å². The monoisotopic (exact) mass is 278 g/mol. The molecule has 110 valence electrons. The van der Waals surface area contributed by atoms with E-state index in [1.54, 1.807) is 0 Å². The Hall–Kier alpha value is -1.75. The van der Waals surface area contributed by atoms with Crippen molar-refractivity contribution in [3.05, 3.63) is 23.8 Å². The Morgan fingerprint density at radius 2 is 2.00 bits per heavy atom. The zero-order valence-corrected chi connectivity index (χ0v) is 12.1. The maximum Gasteiger partial charge on any atom is 0.234 e. The predicted octanol–water partition coefficient (Wildman–Crippen LogP) is 1.81. The lowest BCUT2D eigenvalue weighted by Gasteiger charge is -2.14. The predicted molar refractivity (Wildman–Crippen MR) is 76.8 cm³/mol. The number of benzene rings is 1. The highest BCUT2D eigenvalue weighted by molar-refractivity contribution is 5.78. The largest absolute Gasteiger partial charge is 0.454 e. The number of nitrogens with one attached hydrogen (secondary N) is 2. The second-order valence-electron chi connectivity index (χ2n) is 4.87. The third kappa shape index (κ3) is 3.87. The molecular formula is C15H22N2O3. The minimum Gasteiger partial charge on any atom is -0.454 e. The normalized spacial score (nSPS) is 12.8. The van der Waals surface area contributed by atoms with E-state index in [0.717, 1.165) is 29.9 Å². The van der Waals surface area contributed by atoms with Gasteiger partial charge < -0.3 is 20.1 Å². The molecule has 0 spiro atoms. The average molecular weight is 278 g/mol. The second-order valence-corrected chi connectivity index (χ2v) is 4.87. The van der Waals surface area contributed by atoms with Crippen molar-refractivity contribution < 1.29 is 14.3 Å². The van der Waals surface area contributed by atoms with Crippen LogP contribution in [0.2, 0.25) is 0 Å². The zero-order valence-electron chi connectivity index (χ0n) is 12.1. The summed E-state index contributed by atoms with van der Waals surface area (Å²) in [6, 6.07) is 6.08. The standard InChI is InChI=1S/C15H22N2O3/c1-3-12(4-2)17-15(18)9-16-8-11-5-6-13-14(7-11)20-10-19-13/h5-7,12,16H,3-4,8-10H2,1-2H3,(H,17,18). The molecule has 0 aromatic heterocycles. The molecule has 1 aromatic rings. The average Bonchev–Trinajstić information content (AvgIpc) is 2.92. The van der Waals surface area contributed by atoms with Gasteiger partial charge in [0.1, 0.15) is 0 Å². The van der Waals surface area contributed by atoms with Gasteiger partial charge >= 0.3 is 0 Å². The van der Waals surface area contributed by atoms with Gasteiger partial charge in [-0.15, -0.1) is 0 Å². The highest BCUT2D eigenvalue weighted by Crippen LogP contribution is 2.32. The van der Waals surface area contributed by atoms with Crippen LogP contribution in [-0.2, 0) is 11.3 Å². The molecule has 0 saturated heterocycles. The van der Waals surface area contributed by atoms with Crippen molar-refractivity contribution in [1.82, 2.24) is 10.6 Å². The summed E-state index contributed by atoms with van der Waals surface area (Å²) in [6.07, 6.45) is 1.93. The first-order valence-electron chi connectivity index (χ1n) is 7.11. The van der Waals surface area contributed by atoms with Gasteiger partial charge in [0.2, 0.25) is 12.7 Å². The third-order valence-electron chi connectivity index (χ3n) is 3.40. The molecule has 1 aromatic carbocycles. The molecule has 5 nitrogen and oxygen atoms in total. The minimum atomic E-state index is 0.0412. The van der Waals surface area contributed by atoms with Crippen LogP contribution in [0.3, 0.4) is 0 Å². The number of rotatable bonds is 7. The molecule has 1 amide bonds. The number of hydrogen-bond acceptors (Lipinski definition) is 4. The van der Waals surface area contributed by atoms with E-state index in [1.165, 1.54) is 0 Å². The molecule has 0 radical (unpaired) electrons. The molecule has 1 aliphatic rings. The number of fused-ring (bicyclic) bond motifs is 1. The molecule has 0 bridgehead atoms. The summed E-state index contributed by atoms with van der Waals surface area (Å²) in [5.74, 6) is 1.59. The van der Waals surface area contributed by atoms with Crippen molar-refractivity contribution >= 4 is 5.91 Å². The Morgan fingerprint density at radius 1 is 1.25 bits per heavy atom. The quantitative estimate of drug-likeness (QED) is 0.798. The first-order valence-corrected chi connectivity index (χ1v) is 7.11. The second kappa shape index (κ2) is 7.14. The molecule has 5 heteroatoms. The van der Waals surface area contributed by atoms with Crippen molar-refractivity contribution in [2.24, 2.45) is 0 Å². The van der Waals surface area contributed by atoms with E-state index in [1.807, 2.05) is 18.2 Å². The van der Waals surface area contributed by atoms with Gasteiger partial charge in [0, 0.05) is 12.6 Å². The Bertz CT molecular complexity index is 458. The van der Waals surface area contributed by atoms with Crippen LogP contribution in [0.25, 0.3) is 0 Å². The Balaban J connectivity index is 1.74. The Labute approximate surface area is 119 Å². The fraction of sp³-hybridized carbons (Fsp3) is 0.533. The number of ether oxygens (including phenoxy) is 2. The van der Waals surface area contributed by atoms with E-state index >= 15 is 0 Å². The summed E-state index contributed by atoms with van der Waals surface area (Å²) >= 11 is 0. The molecule has 0 fully saturated rings. The summed E-state index contributed by atoms with van der Waals surface area (Å²) in [4.78, 5) is 11.7. The number of carbonyl (C=O) groups is 1. The third-order valence-corrected chi connectivity index (χ3v) is 3.40. The van der Waals surface area contributed by atoms with E-state index in [0.29, 0.717) is 13.1 Å². The summed E-state index contributed by atoms with van der Waals surface area (Å²) in [5.41, 5.74) is 1.07. The number of amides is 1. The highest BCUT2D eigenvalue weighted by atomic mass is 16.7. The maximum absolute atomic E-state index is 11.7. The molecule has 1 heterocycles. The van der Waals surface area contributed by atoms with Gasteiger partial charge in [0.15, 0.2) is 11.5 Å².